The van der Waals surface area contributed by atoms with Gasteiger partial charge in [-0.25, -0.2) is 13.6 Å². The summed E-state index contributed by atoms with van der Waals surface area (Å²) in [5, 5.41) is 3.93. The van der Waals surface area contributed by atoms with E-state index in [1.54, 1.807) is 24.3 Å². The average molecular weight is 595 g/mol. The van der Waals surface area contributed by atoms with Crippen LogP contribution in [0.3, 0.4) is 0 Å². The molecule has 2 amide bonds. The Morgan fingerprint density at radius 3 is 2.23 bits per heavy atom. The Morgan fingerprint density at radius 1 is 0.886 bits per heavy atom. The van der Waals surface area contributed by atoms with Crippen molar-refractivity contribution in [1.82, 2.24) is 15.2 Å². The Bertz CT molecular complexity index is 1770. The van der Waals surface area contributed by atoms with Gasteiger partial charge in [0.05, 0.1) is 6.61 Å². The van der Waals surface area contributed by atoms with E-state index in [0.717, 1.165) is 34.0 Å². The van der Waals surface area contributed by atoms with Gasteiger partial charge in [-0.2, -0.15) is 0 Å². The monoisotopic (exact) mass is 594 g/mol. The molecule has 7 nitrogen and oxygen atoms in total. The Balaban J connectivity index is 1.28. The predicted octanol–water partition coefficient (Wildman–Crippen LogP) is 6.50. The van der Waals surface area contributed by atoms with Crippen molar-refractivity contribution >= 4 is 22.9 Å². The zero-order valence-corrected chi connectivity index (χ0v) is 23.9. The number of likely N-dealkylation sites (tertiary alicyclic amines) is 1. The molecule has 1 aromatic heterocycles. The normalized spacial score (nSPS) is 16.7. The molecule has 1 fully saturated rings. The highest BCUT2D eigenvalue weighted by Gasteiger charge is 2.33. The van der Waals surface area contributed by atoms with Crippen molar-refractivity contribution in [2.75, 3.05) is 19.7 Å². The first-order valence-corrected chi connectivity index (χ1v) is 14.5. The maximum absolute atomic E-state index is 13.8. The highest BCUT2D eigenvalue weighted by atomic mass is 19.1. The fourth-order valence-electron chi connectivity index (χ4n) is 6.04. The van der Waals surface area contributed by atoms with Gasteiger partial charge in [-0.3, -0.25) is 9.69 Å². The van der Waals surface area contributed by atoms with Crippen LogP contribution in [0.5, 0.6) is 0 Å². The number of ether oxygens (including phenoxy) is 1. The van der Waals surface area contributed by atoms with E-state index in [4.69, 9.17) is 10.5 Å². The van der Waals surface area contributed by atoms with Gasteiger partial charge in [0.2, 0.25) is 0 Å². The van der Waals surface area contributed by atoms with E-state index in [0.29, 0.717) is 36.5 Å². The largest absolute Gasteiger partial charge is 0.449 e. The summed E-state index contributed by atoms with van der Waals surface area (Å²) in [6.07, 6.45) is -0.0787. The van der Waals surface area contributed by atoms with Gasteiger partial charge in [-0.05, 0) is 59.0 Å². The number of fused-ring (bicyclic) bond motifs is 1. The Morgan fingerprint density at radius 2 is 1.55 bits per heavy atom. The number of carbonyl (C=O) groups excluding carboxylic acids is 2. The summed E-state index contributed by atoms with van der Waals surface area (Å²) in [6.45, 7) is 1.98. The van der Waals surface area contributed by atoms with Gasteiger partial charge in [0.15, 0.2) is 0 Å². The molecule has 2 heterocycles. The van der Waals surface area contributed by atoms with Crippen LogP contribution in [0.15, 0.2) is 97.1 Å². The molecule has 44 heavy (non-hydrogen) atoms. The predicted molar refractivity (Wildman–Crippen MR) is 166 cm³/mol. The number of benzene rings is 4. The molecule has 0 saturated carbocycles. The van der Waals surface area contributed by atoms with Gasteiger partial charge < -0.3 is 20.8 Å². The van der Waals surface area contributed by atoms with Gasteiger partial charge in [-0.1, -0.05) is 66.7 Å². The third-order valence-electron chi connectivity index (χ3n) is 8.14. The molecule has 0 spiro atoms. The number of hydrogen-bond acceptors (Lipinski definition) is 4. The first-order chi connectivity index (χ1) is 21.3. The lowest BCUT2D eigenvalue weighted by molar-refractivity contribution is 0.0936. The third kappa shape index (κ3) is 6.48. The molecule has 2 atom stereocenters. The number of H-pyrrole nitrogens is 1. The van der Waals surface area contributed by atoms with Gasteiger partial charge >= 0.3 is 6.09 Å². The second-order valence-electron chi connectivity index (χ2n) is 11.2. The van der Waals surface area contributed by atoms with Crippen LogP contribution in [0, 0.1) is 17.6 Å². The third-order valence-corrected chi connectivity index (χ3v) is 8.14. The van der Waals surface area contributed by atoms with Crippen molar-refractivity contribution in [3.8, 4) is 22.3 Å². The van der Waals surface area contributed by atoms with E-state index in [-0.39, 0.29) is 36.1 Å². The zero-order chi connectivity index (χ0) is 30.6. The van der Waals surface area contributed by atoms with Crippen LogP contribution in [0.2, 0.25) is 0 Å². The molecule has 9 heteroatoms. The topological polar surface area (TPSA) is 100 Å². The van der Waals surface area contributed by atoms with Crippen LogP contribution in [0.4, 0.5) is 13.6 Å². The quantitative estimate of drug-likeness (QED) is 0.182. The fraction of sp³-hybridized carbons (Fsp3) is 0.200. The maximum atomic E-state index is 13.8. The molecule has 1 aliphatic heterocycles. The smallest absolute Gasteiger partial charge is 0.404 e. The molecule has 1 saturated heterocycles. The molecule has 5 aromatic rings. The summed E-state index contributed by atoms with van der Waals surface area (Å²) in [4.78, 5) is 30.6. The molecule has 0 radical (unpaired) electrons. The van der Waals surface area contributed by atoms with Crippen LogP contribution in [-0.4, -0.2) is 47.6 Å². The summed E-state index contributed by atoms with van der Waals surface area (Å²) in [5.74, 6) is -0.891. The van der Waals surface area contributed by atoms with Gasteiger partial charge in [-0.15, -0.1) is 0 Å². The van der Waals surface area contributed by atoms with Crippen LogP contribution < -0.4 is 11.1 Å². The summed E-state index contributed by atoms with van der Waals surface area (Å²) in [6, 6.07) is 28.1. The van der Waals surface area contributed by atoms with Gasteiger partial charge in [0.25, 0.3) is 5.91 Å². The van der Waals surface area contributed by atoms with Crippen molar-refractivity contribution < 1.29 is 23.1 Å². The number of primary amides is 1. The summed E-state index contributed by atoms with van der Waals surface area (Å²) < 4.78 is 32.5. The standard InChI is InChI=1S/C35H32F2N4O3/c36-27-11-6-24(7-12-27)26-10-15-30-31(17-26)40-33(32(30)25-8-13-28(37)14-9-25)34(42)39-18-29-16-23(21-44-35(38)43)20-41(29)19-22-4-2-1-3-5-22/h1-15,17,23,29,40H,16,18-21H2,(H2,38,43)(H,39,42)/t23-,29-/m0/s1. The van der Waals surface area contributed by atoms with Gasteiger partial charge in [0, 0.05) is 48.1 Å². The number of hydrogen-bond donors (Lipinski definition) is 3. The zero-order valence-electron chi connectivity index (χ0n) is 23.9. The van der Waals surface area contributed by atoms with Crippen LogP contribution >= 0.6 is 0 Å². The summed E-state index contributed by atoms with van der Waals surface area (Å²) in [7, 11) is 0. The van der Waals surface area contributed by atoms with E-state index in [1.807, 2.05) is 36.4 Å². The summed E-state index contributed by atoms with van der Waals surface area (Å²) in [5.41, 5.74) is 10.5. The number of amides is 2. The lowest BCUT2D eigenvalue weighted by Crippen LogP contribution is -2.40. The first-order valence-electron chi connectivity index (χ1n) is 14.5. The second kappa shape index (κ2) is 12.7. The summed E-state index contributed by atoms with van der Waals surface area (Å²) >= 11 is 0. The Hall–Kier alpha value is -5.02. The molecule has 4 N–H and O–H groups in total. The molecule has 4 aromatic carbocycles. The lowest BCUT2D eigenvalue weighted by atomic mass is 9.99. The molecular formula is C35H32F2N4O3. The minimum absolute atomic E-state index is 0.00404. The minimum Gasteiger partial charge on any atom is -0.449 e. The van der Waals surface area contributed by atoms with Crippen molar-refractivity contribution in [3.05, 3.63) is 120 Å². The van der Waals surface area contributed by atoms with Crippen LogP contribution in [0.25, 0.3) is 33.2 Å². The fourth-order valence-corrected chi connectivity index (χ4v) is 6.04. The highest BCUT2D eigenvalue weighted by molar-refractivity contribution is 6.10. The van der Waals surface area contributed by atoms with Crippen molar-refractivity contribution in [3.63, 3.8) is 0 Å². The van der Waals surface area contributed by atoms with E-state index in [2.05, 4.69) is 27.3 Å². The van der Waals surface area contributed by atoms with E-state index < -0.39 is 6.09 Å². The Labute approximate surface area is 253 Å². The maximum Gasteiger partial charge on any atom is 0.404 e. The molecule has 0 bridgehead atoms. The number of nitrogens with two attached hydrogens (primary N) is 1. The minimum atomic E-state index is -0.800. The SMILES string of the molecule is NC(=O)OC[C@H]1C[C@@H](CNC(=O)c2[nH]c3cc(-c4ccc(F)cc4)ccc3c2-c2ccc(F)cc2)N(Cc2ccccc2)C1. The highest BCUT2D eigenvalue weighted by Crippen LogP contribution is 2.35. The number of aromatic nitrogens is 1. The molecule has 0 unspecified atom stereocenters. The van der Waals surface area contributed by atoms with E-state index in [9.17, 15) is 18.4 Å². The molecule has 224 valence electrons. The molecule has 6 rings (SSSR count). The first kappa shape index (κ1) is 29.1. The number of halogens is 2. The van der Waals surface area contributed by atoms with Crippen LogP contribution in [0.1, 0.15) is 22.5 Å². The number of nitrogens with one attached hydrogen (secondary N) is 2. The number of aromatic amines is 1. The number of carbonyl (C=O) groups is 2. The molecule has 0 aliphatic carbocycles. The van der Waals surface area contributed by atoms with E-state index in [1.165, 1.54) is 24.3 Å². The van der Waals surface area contributed by atoms with Crippen molar-refractivity contribution in [1.29, 1.82) is 0 Å². The average Bonchev–Trinajstić information content (AvgIpc) is 3.60. The molecule has 1 aliphatic rings. The van der Waals surface area contributed by atoms with Crippen LogP contribution in [-0.2, 0) is 11.3 Å². The number of nitrogens with zero attached hydrogens (tertiary/aromatic N) is 1. The van der Waals surface area contributed by atoms with Crippen molar-refractivity contribution in [2.24, 2.45) is 11.7 Å². The van der Waals surface area contributed by atoms with E-state index >= 15 is 0 Å². The van der Waals surface area contributed by atoms with Crippen molar-refractivity contribution in [2.45, 2.75) is 19.0 Å². The molecular weight excluding hydrogens is 562 g/mol. The Kier molecular flexibility index (Phi) is 8.38. The second-order valence-corrected chi connectivity index (χ2v) is 11.2. The number of rotatable bonds is 9. The van der Waals surface area contributed by atoms with Gasteiger partial charge in [0.1, 0.15) is 17.3 Å². The lowest BCUT2D eigenvalue weighted by Gasteiger charge is -2.24.